The number of aromatic amines is 1. The fourth-order valence-electron chi connectivity index (χ4n) is 2.53. The van der Waals surface area contributed by atoms with Crippen LogP contribution in [0.4, 0.5) is 24.8 Å². The summed E-state index contributed by atoms with van der Waals surface area (Å²) in [5, 5.41) is 20.5. The lowest BCUT2D eigenvalue weighted by Crippen LogP contribution is -2.33. The third-order valence-corrected chi connectivity index (χ3v) is 7.26. The van der Waals surface area contributed by atoms with E-state index < -0.39 is 26.7 Å². The molecule has 198 valence electrons. The van der Waals surface area contributed by atoms with E-state index in [0.29, 0.717) is 48.6 Å². The van der Waals surface area contributed by atoms with Crippen LogP contribution < -0.4 is 10.6 Å². The van der Waals surface area contributed by atoms with Gasteiger partial charge in [-0.1, -0.05) is 0 Å². The van der Waals surface area contributed by atoms with E-state index in [2.05, 4.69) is 35.8 Å². The number of hydrogen-bond acceptors (Lipinski definition) is 10. The smallest absolute Gasteiger partial charge is 0.475 e. The summed E-state index contributed by atoms with van der Waals surface area (Å²) in [4.78, 5) is 21.8. The molecule has 0 aliphatic carbocycles. The Morgan fingerprint density at radius 3 is 2.33 bits per heavy atom. The quantitative estimate of drug-likeness (QED) is 0.318. The largest absolute Gasteiger partial charge is 0.490 e. The van der Waals surface area contributed by atoms with Gasteiger partial charge in [0, 0.05) is 18.4 Å². The summed E-state index contributed by atoms with van der Waals surface area (Å²) < 4.78 is 59.9. The highest BCUT2D eigenvalue weighted by atomic mass is 32.2. The maximum atomic E-state index is 11.8. The average Bonchev–Trinajstić information content (AvgIpc) is 3.45. The van der Waals surface area contributed by atoms with E-state index in [9.17, 15) is 21.6 Å². The van der Waals surface area contributed by atoms with Crippen molar-refractivity contribution in [3.63, 3.8) is 0 Å². The second kappa shape index (κ2) is 11.4. The van der Waals surface area contributed by atoms with Crippen LogP contribution in [0.3, 0.4) is 0 Å². The number of nitrogens with one attached hydrogen (secondary N) is 3. The molecule has 0 amide bonds. The van der Waals surface area contributed by atoms with Crippen LogP contribution in [0.25, 0.3) is 11.6 Å². The lowest BCUT2D eigenvalue weighted by molar-refractivity contribution is -0.192. The molecule has 0 atom stereocenters. The fourth-order valence-corrected chi connectivity index (χ4v) is 3.00. The van der Waals surface area contributed by atoms with E-state index in [1.54, 1.807) is 32.2 Å². The molecular formula is C20H26F3N7O5S. The van der Waals surface area contributed by atoms with Crippen molar-refractivity contribution in [3.8, 4) is 11.6 Å². The first-order valence-electron chi connectivity index (χ1n) is 10.4. The van der Waals surface area contributed by atoms with Crippen LogP contribution in [0.5, 0.6) is 0 Å². The fraction of sp³-hybridized carbons (Fsp3) is 0.450. The number of sulfone groups is 1. The number of halogens is 3. The Kier molecular flexibility index (Phi) is 9.01. The summed E-state index contributed by atoms with van der Waals surface area (Å²) in [5.41, 5.74) is 0.829. The van der Waals surface area contributed by atoms with Gasteiger partial charge in [-0.2, -0.15) is 13.2 Å². The average molecular weight is 534 g/mol. The number of aliphatic carboxylic acids is 1. The van der Waals surface area contributed by atoms with Gasteiger partial charge < -0.3 is 20.2 Å². The number of alkyl halides is 3. The van der Waals surface area contributed by atoms with Crippen molar-refractivity contribution in [2.75, 3.05) is 23.4 Å². The molecule has 4 N–H and O–H groups in total. The number of rotatable bonds is 9. The summed E-state index contributed by atoms with van der Waals surface area (Å²) in [5.74, 6) is 0.268. The van der Waals surface area contributed by atoms with Gasteiger partial charge in [0.1, 0.15) is 23.8 Å². The molecule has 0 aliphatic rings. The zero-order valence-corrected chi connectivity index (χ0v) is 20.7. The molecule has 0 spiro atoms. The topological polar surface area (TPSA) is 176 Å². The molecule has 3 rings (SSSR count). The summed E-state index contributed by atoms with van der Waals surface area (Å²) in [6.45, 7) is 6.20. The first-order valence-corrected chi connectivity index (χ1v) is 12.2. The Balaban J connectivity index is 0.000000572. The number of aromatic nitrogens is 5. The molecule has 0 aromatic carbocycles. The third kappa shape index (κ3) is 7.93. The van der Waals surface area contributed by atoms with E-state index >= 15 is 0 Å². The first kappa shape index (κ1) is 28.5. The van der Waals surface area contributed by atoms with Crippen LogP contribution in [0.2, 0.25) is 0 Å². The van der Waals surface area contributed by atoms with Crippen molar-refractivity contribution < 1.29 is 35.9 Å². The van der Waals surface area contributed by atoms with Gasteiger partial charge in [-0.05, 0) is 39.3 Å². The number of H-pyrrole nitrogens is 1. The van der Waals surface area contributed by atoms with E-state index in [4.69, 9.17) is 14.3 Å². The van der Waals surface area contributed by atoms with E-state index in [0.717, 1.165) is 5.56 Å². The summed E-state index contributed by atoms with van der Waals surface area (Å²) in [6, 6.07) is 3.57. The number of carboxylic acids is 1. The van der Waals surface area contributed by atoms with Crippen LogP contribution in [-0.4, -0.2) is 68.4 Å². The molecule has 0 saturated carbocycles. The van der Waals surface area contributed by atoms with Gasteiger partial charge in [-0.3, -0.25) is 5.10 Å². The van der Waals surface area contributed by atoms with E-state index in [1.807, 2.05) is 6.92 Å². The standard InChI is InChI=1S/C18H25N7O3S.C2HF3O2/c1-12-15(19-8-7-18(2,3)29(4,26)27)21-11-22-16(12)20-10-14-23-17(25-24-14)13-6-5-9-28-13;3-2(4,5)1(6)7/h5-6,9,11H,7-8,10H2,1-4H3,(H,23,24,25)(H2,19,20,21,22);(H,6,7). The van der Waals surface area contributed by atoms with Gasteiger partial charge in [0.2, 0.25) is 5.82 Å². The summed E-state index contributed by atoms with van der Waals surface area (Å²) in [6.07, 6.45) is -0.342. The maximum Gasteiger partial charge on any atom is 0.490 e. The maximum absolute atomic E-state index is 11.8. The predicted octanol–water partition coefficient (Wildman–Crippen LogP) is 3.03. The summed E-state index contributed by atoms with van der Waals surface area (Å²) in [7, 11) is -3.14. The molecule has 3 aromatic rings. The third-order valence-electron chi connectivity index (χ3n) is 5.05. The lowest BCUT2D eigenvalue weighted by atomic mass is 10.1. The van der Waals surface area contributed by atoms with Gasteiger partial charge in [-0.15, -0.1) is 5.10 Å². The highest BCUT2D eigenvalue weighted by Gasteiger charge is 2.38. The van der Waals surface area contributed by atoms with E-state index in [1.165, 1.54) is 12.6 Å². The normalized spacial score (nSPS) is 12.0. The van der Waals surface area contributed by atoms with Crippen molar-refractivity contribution in [1.82, 2.24) is 25.1 Å². The van der Waals surface area contributed by atoms with Gasteiger partial charge in [0.25, 0.3) is 0 Å². The summed E-state index contributed by atoms with van der Waals surface area (Å²) >= 11 is 0. The molecular weight excluding hydrogens is 507 g/mol. The van der Waals surface area contributed by atoms with Crippen molar-refractivity contribution in [1.29, 1.82) is 0 Å². The minimum absolute atomic E-state index is 0.395. The molecule has 0 aliphatic heterocycles. The van der Waals surface area contributed by atoms with Crippen molar-refractivity contribution in [2.45, 2.75) is 44.7 Å². The molecule has 3 aromatic heterocycles. The Labute approximate surface area is 204 Å². The molecule has 0 saturated heterocycles. The first-order chi connectivity index (χ1) is 16.6. The SMILES string of the molecule is Cc1c(NCCC(C)(C)S(C)(=O)=O)ncnc1NCc1nc(-c2ccco2)n[nH]1.O=C(O)C(F)(F)F. The number of carbonyl (C=O) groups is 1. The number of hydrogen-bond donors (Lipinski definition) is 4. The molecule has 0 bridgehead atoms. The number of carboxylic acid groups (broad SMARTS) is 1. The zero-order chi connectivity index (χ0) is 27.1. The molecule has 3 heterocycles. The van der Waals surface area contributed by atoms with Gasteiger partial charge in [0.05, 0.1) is 17.6 Å². The molecule has 16 heteroatoms. The van der Waals surface area contributed by atoms with Crippen LogP contribution >= 0.6 is 0 Å². The van der Waals surface area contributed by atoms with Crippen molar-refractivity contribution in [2.24, 2.45) is 0 Å². The van der Waals surface area contributed by atoms with Crippen LogP contribution in [0.15, 0.2) is 29.1 Å². The number of nitrogens with zero attached hydrogens (tertiary/aromatic N) is 4. The highest BCUT2D eigenvalue weighted by Crippen LogP contribution is 2.22. The van der Waals surface area contributed by atoms with Gasteiger partial charge in [0.15, 0.2) is 15.6 Å². The van der Waals surface area contributed by atoms with E-state index in [-0.39, 0.29) is 0 Å². The van der Waals surface area contributed by atoms with Gasteiger partial charge >= 0.3 is 12.1 Å². The van der Waals surface area contributed by atoms with Crippen molar-refractivity contribution in [3.05, 3.63) is 36.1 Å². The predicted molar refractivity (Wildman–Crippen MR) is 124 cm³/mol. The minimum Gasteiger partial charge on any atom is -0.475 e. The number of furan rings is 1. The Morgan fingerprint density at radius 2 is 1.81 bits per heavy atom. The Morgan fingerprint density at radius 1 is 1.19 bits per heavy atom. The Bertz CT molecular complexity index is 1260. The molecule has 0 radical (unpaired) electrons. The number of anilines is 2. The molecule has 0 unspecified atom stereocenters. The van der Waals surface area contributed by atoms with Crippen LogP contribution in [-0.2, 0) is 21.2 Å². The molecule has 0 fully saturated rings. The van der Waals surface area contributed by atoms with Gasteiger partial charge in [-0.25, -0.2) is 28.2 Å². The zero-order valence-electron chi connectivity index (χ0n) is 19.8. The van der Waals surface area contributed by atoms with Crippen molar-refractivity contribution >= 4 is 27.4 Å². The monoisotopic (exact) mass is 533 g/mol. The second-order valence-corrected chi connectivity index (χ2v) is 10.8. The minimum atomic E-state index is -5.08. The molecule has 12 nitrogen and oxygen atoms in total. The second-order valence-electron chi connectivity index (χ2n) is 8.14. The molecule has 36 heavy (non-hydrogen) atoms. The van der Waals surface area contributed by atoms with Crippen LogP contribution in [0, 0.1) is 6.92 Å². The van der Waals surface area contributed by atoms with Crippen LogP contribution in [0.1, 0.15) is 31.7 Å². The highest BCUT2D eigenvalue weighted by molar-refractivity contribution is 7.92. The lowest BCUT2D eigenvalue weighted by Gasteiger charge is -2.22. The Hall–Kier alpha value is -3.69.